The highest BCUT2D eigenvalue weighted by atomic mass is 19.3. The zero-order chi connectivity index (χ0) is 13.3. The molecule has 1 aliphatic rings. The number of halogens is 2. The van der Waals surface area contributed by atoms with Crippen molar-refractivity contribution in [1.29, 1.82) is 0 Å². The Morgan fingerprint density at radius 2 is 2.39 bits per heavy atom. The first-order valence-corrected chi connectivity index (χ1v) is 5.85. The number of rotatable bonds is 2. The SMILES string of the molecule is Cn1ncc(N)c1NC(=O)C1CCCC(F)(F)C1. The first-order chi connectivity index (χ1) is 8.39. The Morgan fingerprint density at radius 1 is 1.67 bits per heavy atom. The molecule has 100 valence electrons. The van der Waals surface area contributed by atoms with Crippen molar-refractivity contribution in [3.63, 3.8) is 0 Å². The maximum Gasteiger partial charge on any atom is 0.248 e. The third-order valence-electron chi connectivity index (χ3n) is 3.22. The van der Waals surface area contributed by atoms with Crippen LogP contribution in [-0.2, 0) is 11.8 Å². The van der Waals surface area contributed by atoms with E-state index in [9.17, 15) is 13.6 Å². The van der Waals surface area contributed by atoms with Crippen molar-refractivity contribution in [2.75, 3.05) is 11.1 Å². The Bertz CT molecular complexity index is 438. The number of aromatic nitrogens is 2. The van der Waals surface area contributed by atoms with Gasteiger partial charge in [0.15, 0.2) is 5.82 Å². The van der Waals surface area contributed by atoms with Crippen LogP contribution in [0.2, 0.25) is 0 Å². The lowest BCUT2D eigenvalue weighted by atomic mass is 9.86. The first kappa shape index (κ1) is 12.8. The molecule has 18 heavy (non-hydrogen) atoms. The summed E-state index contributed by atoms with van der Waals surface area (Å²) in [5.41, 5.74) is 5.95. The third kappa shape index (κ3) is 2.60. The second-order valence-corrected chi connectivity index (χ2v) is 4.71. The average molecular weight is 258 g/mol. The monoisotopic (exact) mass is 258 g/mol. The summed E-state index contributed by atoms with van der Waals surface area (Å²) >= 11 is 0. The summed E-state index contributed by atoms with van der Waals surface area (Å²) in [4.78, 5) is 11.9. The van der Waals surface area contributed by atoms with E-state index in [1.54, 1.807) is 7.05 Å². The standard InChI is InChI=1S/C11H16F2N4O/c1-17-9(8(14)6-15-17)16-10(18)7-3-2-4-11(12,13)5-7/h6-7H,2-5,14H2,1H3,(H,16,18). The fourth-order valence-electron chi connectivity index (χ4n) is 2.22. The van der Waals surface area contributed by atoms with Crippen molar-refractivity contribution in [2.24, 2.45) is 13.0 Å². The van der Waals surface area contributed by atoms with Gasteiger partial charge >= 0.3 is 0 Å². The molecular weight excluding hydrogens is 242 g/mol. The number of nitrogens with two attached hydrogens (primary N) is 1. The van der Waals surface area contributed by atoms with E-state index >= 15 is 0 Å². The molecule has 0 bridgehead atoms. The van der Waals surface area contributed by atoms with Gasteiger partial charge in [0.1, 0.15) is 0 Å². The molecule has 1 aliphatic carbocycles. The average Bonchev–Trinajstić information content (AvgIpc) is 2.59. The number of aryl methyl sites for hydroxylation is 1. The van der Waals surface area contributed by atoms with Crippen molar-refractivity contribution in [3.8, 4) is 0 Å². The van der Waals surface area contributed by atoms with Crippen LogP contribution in [0.4, 0.5) is 20.3 Å². The topological polar surface area (TPSA) is 72.9 Å². The van der Waals surface area contributed by atoms with Crippen molar-refractivity contribution in [2.45, 2.75) is 31.6 Å². The number of nitrogen functional groups attached to an aromatic ring is 1. The Morgan fingerprint density at radius 3 is 2.94 bits per heavy atom. The van der Waals surface area contributed by atoms with E-state index in [-0.39, 0.29) is 6.42 Å². The van der Waals surface area contributed by atoms with Gasteiger partial charge in [-0.05, 0) is 12.8 Å². The molecule has 2 rings (SSSR count). The van der Waals surface area contributed by atoms with Crippen LogP contribution in [0.3, 0.4) is 0 Å². The molecule has 5 nitrogen and oxygen atoms in total. The molecule has 0 radical (unpaired) electrons. The van der Waals surface area contributed by atoms with Crippen LogP contribution in [-0.4, -0.2) is 21.6 Å². The zero-order valence-corrected chi connectivity index (χ0v) is 10.1. The van der Waals surface area contributed by atoms with Crippen molar-refractivity contribution >= 4 is 17.4 Å². The first-order valence-electron chi connectivity index (χ1n) is 5.85. The number of anilines is 2. The summed E-state index contributed by atoms with van der Waals surface area (Å²) in [5.74, 6) is -3.46. The third-order valence-corrected chi connectivity index (χ3v) is 3.22. The predicted octanol–water partition coefficient (Wildman–Crippen LogP) is 1.77. The highest BCUT2D eigenvalue weighted by Crippen LogP contribution is 2.37. The van der Waals surface area contributed by atoms with Crippen LogP contribution in [0.5, 0.6) is 0 Å². The van der Waals surface area contributed by atoms with E-state index in [4.69, 9.17) is 5.73 Å². The molecule has 1 unspecified atom stereocenters. The van der Waals surface area contributed by atoms with E-state index in [1.165, 1.54) is 10.9 Å². The van der Waals surface area contributed by atoms with E-state index in [0.717, 1.165) is 0 Å². The lowest BCUT2D eigenvalue weighted by Crippen LogP contribution is -2.34. The number of hydrogen-bond acceptors (Lipinski definition) is 3. The lowest BCUT2D eigenvalue weighted by Gasteiger charge is -2.27. The van der Waals surface area contributed by atoms with E-state index in [2.05, 4.69) is 10.4 Å². The molecule has 0 saturated heterocycles. The number of hydrogen-bond donors (Lipinski definition) is 2. The number of alkyl halides is 2. The molecule has 1 amide bonds. The molecule has 1 saturated carbocycles. The van der Waals surface area contributed by atoms with Gasteiger partial charge in [0.25, 0.3) is 0 Å². The van der Waals surface area contributed by atoms with E-state index in [0.29, 0.717) is 24.3 Å². The summed E-state index contributed by atoms with van der Waals surface area (Å²) in [6.45, 7) is 0. The Balaban J connectivity index is 2.04. The van der Waals surface area contributed by atoms with Crippen LogP contribution >= 0.6 is 0 Å². The number of nitrogens with zero attached hydrogens (tertiary/aromatic N) is 2. The number of amides is 1. The fraction of sp³-hybridized carbons (Fsp3) is 0.636. The van der Waals surface area contributed by atoms with Gasteiger partial charge in [0.05, 0.1) is 11.9 Å². The van der Waals surface area contributed by atoms with Gasteiger partial charge in [-0.25, -0.2) is 8.78 Å². The summed E-state index contributed by atoms with van der Waals surface area (Å²) < 4.78 is 27.9. The quantitative estimate of drug-likeness (QED) is 0.849. The molecule has 7 heteroatoms. The number of carbonyl (C=O) groups is 1. The molecule has 1 heterocycles. The second kappa shape index (κ2) is 4.55. The van der Waals surface area contributed by atoms with Crippen LogP contribution < -0.4 is 11.1 Å². The molecule has 1 aromatic heterocycles. The van der Waals surface area contributed by atoms with Crippen LogP contribution in [0.15, 0.2) is 6.20 Å². The summed E-state index contributed by atoms with van der Waals surface area (Å²) in [7, 11) is 1.63. The fourth-order valence-corrected chi connectivity index (χ4v) is 2.22. The molecule has 1 atom stereocenters. The molecular formula is C11H16F2N4O. The highest BCUT2D eigenvalue weighted by Gasteiger charge is 2.39. The van der Waals surface area contributed by atoms with Gasteiger partial charge in [-0.3, -0.25) is 9.48 Å². The Hall–Kier alpha value is -1.66. The second-order valence-electron chi connectivity index (χ2n) is 4.71. The Labute approximate surface area is 103 Å². The number of nitrogens with one attached hydrogen (secondary N) is 1. The lowest BCUT2D eigenvalue weighted by molar-refractivity contribution is -0.127. The van der Waals surface area contributed by atoms with Gasteiger partial charge in [0, 0.05) is 25.8 Å². The van der Waals surface area contributed by atoms with Gasteiger partial charge < -0.3 is 11.1 Å². The minimum atomic E-state index is -2.74. The molecule has 0 aromatic carbocycles. The maximum atomic E-state index is 13.2. The minimum Gasteiger partial charge on any atom is -0.394 e. The van der Waals surface area contributed by atoms with Crippen molar-refractivity contribution < 1.29 is 13.6 Å². The molecule has 1 fully saturated rings. The largest absolute Gasteiger partial charge is 0.394 e. The minimum absolute atomic E-state index is 0.134. The normalized spacial score (nSPS) is 22.7. The highest BCUT2D eigenvalue weighted by molar-refractivity contribution is 5.94. The maximum absolute atomic E-state index is 13.2. The molecule has 0 spiro atoms. The number of carbonyl (C=O) groups excluding carboxylic acids is 1. The van der Waals surface area contributed by atoms with Crippen LogP contribution in [0, 0.1) is 5.92 Å². The summed E-state index contributed by atoms with van der Waals surface area (Å²) in [6, 6.07) is 0. The van der Waals surface area contributed by atoms with E-state index in [1.807, 2.05) is 0 Å². The van der Waals surface area contributed by atoms with Crippen molar-refractivity contribution in [3.05, 3.63) is 6.20 Å². The smallest absolute Gasteiger partial charge is 0.248 e. The Kier molecular flexibility index (Phi) is 3.23. The molecule has 3 N–H and O–H groups in total. The van der Waals surface area contributed by atoms with Crippen LogP contribution in [0.1, 0.15) is 25.7 Å². The predicted molar refractivity (Wildman–Crippen MR) is 63.2 cm³/mol. The van der Waals surface area contributed by atoms with Crippen molar-refractivity contribution in [1.82, 2.24) is 9.78 Å². The molecule has 0 aliphatic heterocycles. The van der Waals surface area contributed by atoms with Gasteiger partial charge in [-0.1, -0.05) is 0 Å². The zero-order valence-electron chi connectivity index (χ0n) is 10.1. The molecule has 1 aromatic rings. The van der Waals surface area contributed by atoms with Gasteiger partial charge in [-0.2, -0.15) is 5.10 Å². The van der Waals surface area contributed by atoms with Crippen LogP contribution in [0.25, 0.3) is 0 Å². The van der Waals surface area contributed by atoms with Gasteiger partial charge in [-0.15, -0.1) is 0 Å². The summed E-state index contributed by atoms with van der Waals surface area (Å²) in [6.07, 6.45) is 1.73. The van der Waals surface area contributed by atoms with E-state index < -0.39 is 24.2 Å². The summed E-state index contributed by atoms with van der Waals surface area (Å²) in [5, 5.41) is 6.44. The van der Waals surface area contributed by atoms with Gasteiger partial charge in [0.2, 0.25) is 11.8 Å².